The topological polar surface area (TPSA) is 73.9 Å². The number of carbonyl (C=O) groups is 2. The molecule has 2 aromatic carbocycles. The number of benzene rings is 2. The highest BCUT2D eigenvalue weighted by molar-refractivity contribution is 6.35. The lowest BCUT2D eigenvalue weighted by Gasteiger charge is -2.14. The number of halogens is 2. The fraction of sp³-hybridized carbons (Fsp3) is 0.263. The van der Waals surface area contributed by atoms with Gasteiger partial charge >= 0.3 is 5.97 Å². The van der Waals surface area contributed by atoms with Crippen LogP contribution in [-0.2, 0) is 14.3 Å². The molecule has 8 heteroatoms. The molecule has 1 unspecified atom stereocenters. The van der Waals surface area contributed by atoms with Crippen LogP contribution in [-0.4, -0.2) is 38.3 Å². The summed E-state index contributed by atoms with van der Waals surface area (Å²) in [6.45, 7) is 2.06. The zero-order valence-corrected chi connectivity index (χ0v) is 16.3. The molecule has 1 amide bonds. The van der Waals surface area contributed by atoms with Crippen LogP contribution >= 0.6 is 23.2 Å². The number of methoxy groups -OCH3 is 1. The molecule has 2 rings (SSSR count). The number of hydrogen-bond donors (Lipinski definition) is 1. The van der Waals surface area contributed by atoms with Crippen LogP contribution in [0.5, 0.6) is 5.75 Å². The lowest BCUT2D eigenvalue weighted by Crippen LogP contribution is -2.27. The number of esters is 1. The van der Waals surface area contributed by atoms with Crippen molar-refractivity contribution in [2.45, 2.75) is 13.0 Å². The fourth-order valence-electron chi connectivity index (χ4n) is 2.07. The van der Waals surface area contributed by atoms with Gasteiger partial charge in [-0.3, -0.25) is 4.79 Å². The quantitative estimate of drug-likeness (QED) is 0.520. The van der Waals surface area contributed by atoms with Gasteiger partial charge in [-0.2, -0.15) is 0 Å². The molecule has 0 saturated heterocycles. The van der Waals surface area contributed by atoms with E-state index in [4.69, 9.17) is 37.4 Å². The zero-order chi connectivity index (χ0) is 19.8. The second kappa shape index (κ2) is 10.2. The average molecular weight is 412 g/mol. The van der Waals surface area contributed by atoms with Crippen LogP contribution in [0.1, 0.15) is 17.3 Å². The average Bonchev–Trinajstić information content (AvgIpc) is 2.65. The first-order chi connectivity index (χ1) is 12.9. The normalized spacial score (nSPS) is 11.6. The predicted octanol–water partition coefficient (Wildman–Crippen LogP) is 4.20. The standard InChI is InChI=1S/C19H19Cl2NO5/c1-12(19(24)26-10-9-25-2)27-15-6-3-13(4-7-15)18(23)22-17-11-14(20)5-8-16(17)21/h3-8,11-12H,9-10H2,1-2H3,(H,22,23). The molecule has 0 spiro atoms. The van der Waals surface area contributed by atoms with Crippen LogP contribution < -0.4 is 10.1 Å². The Kier molecular flexibility index (Phi) is 7.91. The molecule has 1 atom stereocenters. The van der Waals surface area contributed by atoms with E-state index in [2.05, 4.69) is 5.32 Å². The summed E-state index contributed by atoms with van der Waals surface area (Å²) in [6, 6.07) is 11.1. The Morgan fingerprint density at radius 2 is 1.78 bits per heavy atom. The Morgan fingerprint density at radius 3 is 2.44 bits per heavy atom. The summed E-state index contributed by atoms with van der Waals surface area (Å²) in [5.74, 6) is -0.411. The first kappa shape index (κ1) is 21.0. The number of rotatable bonds is 8. The van der Waals surface area contributed by atoms with E-state index in [1.165, 1.54) is 7.11 Å². The highest BCUT2D eigenvalue weighted by Gasteiger charge is 2.16. The van der Waals surface area contributed by atoms with Crippen molar-refractivity contribution in [1.82, 2.24) is 0 Å². The van der Waals surface area contributed by atoms with Crippen LogP contribution in [0, 0.1) is 0 Å². The van der Waals surface area contributed by atoms with E-state index in [-0.39, 0.29) is 12.5 Å². The first-order valence-corrected chi connectivity index (χ1v) is 8.85. The molecular formula is C19H19Cl2NO5. The predicted molar refractivity (Wildman–Crippen MR) is 104 cm³/mol. The van der Waals surface area contributed by atoms with Gasteiger partial charge in [-0.25, -0.2) is 4.79 Å². The van der Waals surface area contributed by atoms with Crippen molar-refractivity contribution in [3.8, 4) is 5.75 Å². The highest BCUT2D eigenvalue weighted by Crippen LogP contribution is 2.26. The SMILES string of the molecule is COCCOC(=O)C(C)Oc1ccc(C(=O)Nc2cc(Cl)ccc2Cl)cc1. The zero-order valence-electron chi connectivity index (χ0n) is 14.8. The summed E-state index contributed by atoms with van der Waals surface area (Å²) in [7, 11) is 1.52. The molecule has 0 bridgehead atoms. The Hall–Kier alpha value is -2.28. The molecule has 2 aromatic rings. The van der Waals surface area contributed by atoms with Gasteiger partial charge in [-0.1, -0.05) is 23.2 Å². The molecular weight excluding hydrogens is 393 g/mol. The summed E-state index contributed by atoms with van der Waals surface area (Å²) in [5, 5.41) is 3.54. The number of amides is 1. The van der Waals surface area contributed by atoms with Gasteiger partial charge in [0.25, 0.3) is 5.91 Å². The van der Waals surface area contributed by atoms with E-state index >= 15 is 0 Å². The molecule has 1 N–H and O–H groups in total. The first-order valence-electron chi connectivity index (χ1n) is 8.09. The minimum atomic E-state index is -0.785. The van der Waals surface area contributed by atoms with Crippen molar-refractivity contribution in [2.75, 3.05) is 25.6 Å². The fourth-order valence-corrected chi connectivity index (χ4v) is 2.40. The smallest absolute Gasteiger partial charge is 0.347 e. The van der Waals surface area contributed by atoms with E-state index in [9.17, 15) is 9.59 Å². The maximum atomic E-state index is 12.3. The van der Waals surface area contributed by atoms with Gasteiger partial charge in [0.05, 0.1) is 17.3 Å². The second-order valence-electron chi connectivity index (χ2n) is 5.52. The van der Waals surface area contributed by atoms with Gasteiger partial charge in [-0.05, 0) is 49.4 Å². The van der Waals surface area contributed by atoms with E-state index in [0.29, 0.717) is 33.7 Å². The molecule has 0 aromatic heterocycles. The Balaban J connectivity index is 1.95. The van der Waals surface area contributed by atoms with Gasteiger partial charge in [0.1, 0.15) is 12.4 Å². The minimum Gasteiger partial charge on any atom is -0.479 e. The van der Waals surface area contributed by atoms with Crippen LogP contribution in [0.2, 0.25) is 10.0 Å². The maximum absolute atomic E-state index is 12.3. The lowest BCUT2D eigenvalue weighted by molar-refractivity contribution is -0.152. The van der Waals surface area contributed by atoms with Crippen molar-refractivity contribution >= 4 is 40.8 Å². The van der Waals surface area contributed by atoms with Crippen LogP contribution in [0.15, 0.2) is 42.5 Å². The Labute approximate surface area is 167 Å². The number of anilines is 1. The molecule has 0 saturated carbocycles. The largest absolute Gasteiger partial charge is 0.479 e. The lowest BCUT2D eigenvalue weighted by atomic mass is 10.2. The third kappa shape index (κ3) is 6.43. The summed E-state index contributed by atoms with van der Waals surface area (Å²) in [4.78, 5) is 24.1. The van der Waals surface area contributed by atoms with Gasteiger partial charge in [0.15, 0.2) is 6.10 Å². The monoisotopic (exact) mass is 411 g/mol. The van der Waals surface area contributed by atoms with E-state index in [0.717, 1.165) is 0 Å². The highest BCUT2D eigenvalue weighted by atomic mass is 35.5. The maximum Gasteiger partial charge on any atom is 0.347 e. The number of hydrogen-bond acceptors (Lipinski definition) is 5. The third-order valence-corrected chi connectivity index (χ3v) is 4.03. The van der Waals surface area contributed by atoms with Crippen LogP contribution in [0.25, 0.3) is 0 Å². The van der Waals surface area contributed by atoms with Crippen molar-refractivity contribution < 1.29 is 23.8 Å². The van der Waals surface area contributed by atoms with Crippen molar-refractivity contribution in [3.05, 3.63) is 58.1 Å². The van der Waals surface area contributed by atoms with Crippen molar-refractivity contribution in [1.29, 1.82) is 0 Å². The molecule has 0 aliphatic carbocycles. The van der Waals surface area contributed by atoms with Crippen molar-refractivity contribution in [3.63, 3.8) is 0 Å². The van der Waals surface area contributed by atoms with Crippen molar-refractivity contribution in [2.24, 2.45) is 0 Å². The molecule has 27 heavy (non-hydrogen) atoms. The molecule has 0 radical (unpaired) electrons. The Morgan fingerprint density at radius 1 is 1.07 bits per heavy atom. The van der Waals surface area contributed by atoms with E-state index in [1.54, 1.807) is 49.4 Å². The summed E-state index contributed by atoms with van der Waals surface area (Å²) in [6.07, 6.45) is -0.785. The summed E-state index contributed by atoms with van der Waals surface area (Å²) < 4.78 is 15.3. The van der Waals surface area contributed by atoms with Crippen LogP contribution in [0.3, 0.4) is 0 Å². The molecule has 6 nitrogen and oxygen atoms in total. The van der Waals surface area contributed by atoms with Gasteiger partial charge < -0.3 is 19.5 Å². The van der Waals surface area contributed by atoms with E-state index in [1.807, 2.05) is 0 Å². The molecule has 0 heterocycles. The summed E-state index contributed by atoms with van der Waals surface area (Å²) in [5.41, 5.74) is 0.815. The molecule has 0 aliphatic rings. The van der Waals surface area contributed by atoms with E-state index < -0.39 is 12.1 Å². The van der Waals surface area contributed by atoms with Gasteiger partial charge in [0, 0.05) is 17.7 Å². The molecule has 144 valence electrons. The molecule has 0 aliphatic heterocycles. The number of nitrogens with one attached hydrogen (secondary N) is 1. The summed E-state index contributed by atoms with van der Waals surface area (Å²) >= 11 is 12.0. The van der Waals surface area contributed by atoms with Gasteiger partial charge in [0.2, 0.25) is 0 Å². The minimum absolute atomic E-state index is 0.161. The third-order valence-electron chi connectivity index (χ3n) is 3.47. The molecule has 0 fully saturated rings. The Bertz CT molecular complexity index is 795. The van der Waals surface area contributed by atoms with Crippen LogP contribution in [0.4, 0.5) is 5.69 Å². The second-order valence-corrected chi connectivity index (χ2v) is 6.37. The number of carbonyl (C=O) groups excluding carboxylic acids is 2. The number of ether oxygens (including phenoxy) is 3. The van der Waals surface area contributed by atoms with Gasteiger partial charge in [-0.15, -0.1) is 0 Å².